The smallest absolute Gasteiger partial charge is 0.195 e. The Balaban J connectivity index is -0.000000122. The molecule has 0 aliphatic rings. The van der Waals surface area contributed by atoms with Crippen LogP contribution in [-0.2, 0) is 8.26 Å². The quantitative estimate of drug-likeness (QED) is 0.0451. The highest BCUT2D eigenvalue weighted by molar-refractivity contribution is 8.31. The van der Waals surface area contributed by atoms with Crippen LogP contribution in [-0.4, -0.2) is 8.42 Å². The van der Waals surface area contributed by atoms with E-state index in [-0.39, 0.29) is 0 Å². The highest BCUT2D eigenvalue weighted by Crippen LogP contribution is 2.12. The molecule has 0 N–H and O–H groups in total. The minimum Gasteiger partial charge on any atom is -0.195 e. The Bertz CT molecular complexity index is 580. The van der Waals surface area contributed by atoms with Gasteiger partial charge in [-0.3, -0.25) is 0 Å². The van der Waals surface area contributed by atoms with Crippen LogP contribution in [0.1, 0.15) is 391 Å². The lowest BCUT2D eigenvalue weighted by molar-refractivity contribution is 0.585. The van der Waals surface area contributed by atoms with Crippen molar-refractivity contribution in [2.75, 3.05) is 0 Å². The van der Waals surface area contributed by atoms with Gasteiger partial charge in [0.05, 0.1) is 0 Å². The van der Waals surface area contributed by atoms with Gasteiger partial charge in [-0.2, -0.15) is 8.42 Å². The second kappa shape index (κ2) is 87.6. The summed E-state index contributed by atoms with van der Waals surface area (Å²) in [6, 6.07) is 0. The topological polar surface area (TPSA) is 34.1 Å². The van der Waals surface area contributed by atoms with E-state index < -0.39 is 8.26 Å². The Labute approximate surface area is 427 Å². The second-order valence-corrected chi connectivity index (χ2v) is 22.8. The minimum atomic E-state index is -3.72. The number of hydrogen-bond acceptors (Lipinski definition) is 2. The van der Waals surface area contributed by atoms with Crippen molar-refractivity contribution in [3.8, 4) is 0 Å². The van der Waals surface area contributed by atoms with Gasteiger partial charge in [0.25, 0.3) is 0 Å². The van der Waals surface area contributed by atoms with E-state index in [4.69, 9.17) is 8.42 Å². The molecule has 0 unspecified atom stereocenters. The lowest BCUT2D eigenvalue weighted by Gasteiger charge is -1.97. The first-order valence-electron chi connectivity index (χ1n) is 30.1. The fourth-order valence-corrected chi connectivity index (χ4v) is 7.24. The zero-order chi connectivity index (χ0) is 50.4. The van der Waals surface area contributed by atoms with Gasteiger partial charge in [0.1, 0.15) is 0 Å². The first kappa shape index (κ1) is 79.7. The Morgan fingerprint density at radius 2 is 0.215 bits per heavy atom. The van der Waals surface area contributed by atoms with Gasteiger partial charge in [-0.15, -0.1) is 0 Å². The van der Waals surface area contributed by atoms with Crippen LogP contribution in [0, 0.1) is 0 Å². The van der Waals surface area contributed by atoms with E-state index in [2.05, 4.69) is 104 Å². The third-order valence-corrected chi connectivity index (χ3v) is 11.7. The summed E-state index contributed by atoms with van der Waals surface area (Å²) in [5.74, 6) is 0. The molecule has 0 aromatic rings. The summed E-state index contributed by atoms with van der Waals surface area (Å²) in [7, 11) is 4.81. The van der Waals surface area contributed by atoms with Crippen molar-refractivity contribution in [2.45, 2.75) is 391 Å². The molecule has 0 amide bonds. The number of rotatable bonds is 42. The molecule has 65 heavy (non-hydrogen) atoms. The molecule has 0 radical (unpaired) electrons. The van der Waals surface area contributed by atoms with Crippen LogP contribution in [0.4, 0.5) is 0 Å². The lowest BCUT2D eigenvalue weighted by Crippen LogP contribution is -1.77. The van der Waals surface area contributed by atoms with Gasteiger partial charge in [-0.25, -0.2) is 0 Å². The zero-order valence-corrected chi connectivity index (χ0v) is 50.3. The Kier molecular flexibility index (Phi) is 107. The molecule has 2 nitrogen and oxygen atoms in total. The van der Waals surface area contributed by atoms with Gasteiger partial charge in [0, 0.05) is 21.4 Å². The Morgan fingerprint density at radius 3 is 0.262 bits per heavy atom. The number of hydrogen-bond donors (Lipinski definition) is 0. The van der Waals surface area contributed by atoms with Crippen LogP contribution in [0.25, 0.3) is 0 Å². The van der Waals surface area contributed by atoms with Gasteiger partial charge < -0.3 is 0 Å². The van der Waals surface area contributed by atoms with Crippen LogP contribution >= 0.6 is 21.4 Å². The van der Waals surface area contributed by atoms with Crippen LogP contribution in [0.15, 0.2) is 0 Å². The van der Waals surface area contributed by atoms with Gasteiger partial charge in [-0.1, -0.05) is 391 Å². The summed E-state index contributed by atoms with van der Waals surface area (Å²) < 4.78 is 18.3. The molecule has 5 heteroatoms. The van der Waals surface area contributed by atoms with Crippen LogP contribution in [0.3, 0.4) is 0 Å². The predicted octanol–water partition coefficient (Wildman–Crippen LogP) is 25.6. The highest BCUT2D eigenvalue weighted by atomic mass is 36.0. The van der Waals surface area contributed by atoms with Crippen molar-refractivity contribution >= 4 is 29.6 Å². The molecule has 0 aliphatic carbocycles. The van der Waals surface area contributed by atoms with Gasteiger partial charge in [-0.05, 0) is 0 Å². The molecular weight excluding hydrogens is 856 g/mol. The van der Waals surface area contributed by atoms with E-state index in [1.54, 1.807) is 0 Å². The van der Waals surface area contributed by atoms with E-state index in [1.807, 2.05) is 0 Å². The van der Waals surface area contributed by atoms with Crippen molar-refractivity contribution in [3.05, 3.63) is 0 Å². The average Bonchev–Trinajstić information content (AvgIpc) is 3.29. The molecule has 0 heterocycles. The van der Waals surface area contributed by atoms with E-state index in [9.17, 15) is 0 Å². The molecular formula is C60H132Cl2O2S. The van der Waals surface area contributed by atoms with Crippen LogP contribution < -0.4 is 0 Å². The Hall–Kier alpha value is 0.530. The molecule has 0 saturated heterocycles. The molecule has 0 saturated carbocycles. The molecule has 0 rings (SSSR count). The third kappa shape index (κ3) is 139. The van der Waals surface area contributed by atoms with Crippen LogP contribution in [0.2, 0.25) is 0 Å². The normalized spacial score (nSPS) is 10.3. The van der Waals surface area contributed by atoms with E-state index in [0.29, 0.717) is 0 Å². The fourth-order valence-electron chi connectivity index (χ4n) is 7.24. The molecule has 0 aromatic carbocycles. The first-order valence-corrected chi connectivity index (χ1v) is 33.3. The molecule has 0 aliphatic heterocycles. The van der Waals surface area contributed by atoms with E-state index in [0.717, 1.165) is 0 Å². The first-order chi connectivity index (χ1) is 31.5. The predicted molar refractivity (Wildman–Crippen MR) is 310 cm³/mol. The van der Waals surface area contributed by atoms with Crippen molar-refractivity contribution < 1.29 is 8.42 Å². The van der Waals surface area contributed by atoms with Gasteiger partial charge in [0.2, 0.25) is 0 Å². The number of unbranched alkanes of at least 4 members (excludes halogenated alkanes) is 42. The lowest BCUT2D eigenvalue weighted by atomic mass is 10.1. The van der Waals surface area contributed by atoms with Crippen molar-refractivity contribution in [1.29, 1.82) is 0 Å². The van der Waals surface area contributed by atoms with Crippen molar-refractivity contribution in [3.63, 3.8) is 0 Å². The monoisotopic (exact) mass is 987 g/mol. The van der Waals surface area contributed by atoms with Gasteiger partial charge in [0.15, 0.2) is 0 Å². The largest absolute Gasteiger partial charge is 0.317 e. The summed E-state index contributed by atoms with van der Waals surface area (Å²) in [6.07, 6.45) is 68.8. The molecule has 0 fully saturated rings. The second-order valence-electron chi connectivity index (χ2n) is 19.1. The molecule has 404 valence electrons. The van der Waals surface area contributed by atoms with Crippen molar-refractivity contribution in [2.24, 2.45) is 0 Å². The zero-order valence-electron chi connectivity index (χ0n) is 47.9. The third-order valence-electron chi connectivity index (χ3n) is 11.7. The highest BCUT2D eigenvalue weighted by Gasteiger charge is 1.92. The molecule has 0 aromatic heterocycles. The number of halogens is 2. The van der Waals surface area contributed by atoms with Crippen LogP contribution in [0.5, 0.6) is 0 Å². The summed E-state index contributed by atoms with van der Waals surface area (Å²) in [5, 5.41) is 0. The summed E-state index contributed by atoms with van der Waals surface area (Å²) in [6.45, 7) is 27.2. The SMILES string of the molecule is CCCCCCCCCC.CCCCCCCCCC.CCCCCCCCCC.CCCCCCCCCC.CCCCCCCCCC.CCCCCCCCCC.O=S(=O)(Cl)Cl. The fraction of sp³-hybridized carbons (Fsp3) is 1.00. The van der Waals surface area contributed by atoms with Gasteiger partial charge >= 0.3 is 8.26 Å². The minimum absolute atomic E-state index is 1.37. The molecule has 0 bridgehead atoms. The summed E-state index contributed by atoms with van der Waals surface area (Å²) in [5.41, 5.74) is 0. The molecule has 0 atom stereocenters. The maximum absolute atomic E-state index is 9.16. The standard InChI is InChI=1S/6C10H22.Cl2O2S/c6*1-3-5-7-9-10-8-6-4-2;1-5(2,3)4/h6*3-10H2,1-2H3;. The maximum atomic E-state index is 9.16. The average molecular weight is 989 g/mol. The Morgan fingerprint density at radius 1 is 0.169 bits per heavy atom. The van der Waals surface area contributed by atoms with E-state index in [1.165, 1.54) is 308 Å². The summed E-state index contributed by atoms with van der Waals surface area (Å²) in [4.78, 5) is 0. The molecule has 0 spiro atoms. The van der Waals surface area contributed by atoms with E-state index >= 15 is 0 Å². The van der Waals surface area contributed by atoms with Crippen molar-refractivity contribution in [1.82, 2.24) is 0 Å². The summed E-state index contributed by atoms with van der Waals surface area (Å²) >= 11 is 0. The maximum Gasteiger partial charge on any atom is 0.317 e.